The second-order valence-electron chi connectivity index (χ2n) is 2.38. The van der Waals surface area contributed by atoms with Crippen LogP contribution in [-0.2, 0) is 4.79 Å². The Morgan fingerprint density at radius 2 is 2.23 bits per heavy atom. The topological polar surface area (TPSA) is 61.1 Å². The molecule has 0 fully saturated rings. The van der Waals surface area contributed by atoms with E-state index in [9.17, 15) is 4.79 Å². The van der Waals surface area contributed by atoms with Crippen molar-refractivity contribution in [2.45, 2.75) is 0 Å². The summed E-state index contributed by atoms with van der Waals surface area (Å²) >= 11 is 0. The first-order chi connectivity index (χ1) is 6.27. The molecular formula is C10H7NO2. The average molecular weight is 173 g/mol. The van der Waals surface area contributed by atoms with Gasteiger partial charge in [-0.3, -0.25) is 4.79 Å². The monoisotopic (exact) mass is 173 g/mol. The highest BCUT2D eigenvalue weighted by Crippen LogP contribution is 2.17. The Labute approximate surface area is 75.5 Å². The van der Waals surface area contributed by atoms with E-state index in [1.54, 1.807) is 12.1 Å². The molecule has 64 valence electrons. The highest BCUT2D eigenvalue weighted by molar-refractivity contribution is 5.74. The summed E-state index contributed by atoms with van der Waals surface area (Å²) in [7, 11) is 0. The molecule has 0 aliphatic heterocycles. The average Bonchev–Trinajstić information content (AvgIpc) is 2.16. The van der Waals surface area contributed by atoms with Crippen LogP contribution in [0.3, 0.4) is 0 Å². The minimum Gasteiger partial charge on any atom is -0.507 e. The van der Waals surface area contributed by atoms with E-state index in [4.69, 9.17) is 10.4 Å². The molecule has 0 aromatic heterocycles. The maximum absolute atomic E-state index is 10.00. The summed E-state index contributed by atoms with van der Waals surface area (Å²) in [4.78, 5) is 10.00. The number of nitriles is 1. The van der Waals surface area contributed by atoms with E-state index in [2.05, 4.69) is 0 Å². The number of carbonyl (C=O) groups excluding carboxylic acids is 1. The van der Waals surface area contributed by atoms with E-state index >= 15 is 0 Å². The number of aldehydes is 1. The fourth-order valence-electron chi connectivity index (χ4n) is 0.897. The van der Waals surface area contributed by atoms with Crippen LogP contribution in [0.25, 0.3) is 6.08 Å². The molecule has 1 aromatic rings. The fraction of sp³-hybridized carbons (Fsp3) is 0. The first-order valence-corrected chi connectivity index (χ1v) is 3.63. The van der Waals surface area contributed by atoms with E-state index in [1.165, 1.54) is 18.2 Å². The number of allylic oxidation sites excluding steroid dienone is 1. The molecule has 13 heavy (non-hydrogen) atoms. The molecule has 0 aliphatic rings. The van der Waals surface area contributed by atoms with Crippen LogP contribution < -0.4 is 0 Å². The molecule has 3 heteroatoms. The van der Waals surface area contributed by atoms with Crippen molar-refractivity contribution in [3.8, 4) is 11.8 Å². The van der Waals surface area contributed by atoms with E-state index in [0.717, 1.165) is 0 Å². The van der Waals surface area contributed by atoms with Crippen molar-refractivity contribution in [2.75, 3.05) is 0 Å². The molecule has 3 nitrogen and oxygen atoms in total. The smallest absolute Gasteiger partial charge is 0.142 e. The van der Waals surface area contributed by atoms with Crippen molar-refractivity contribution in [1.82, 2.24) is 0 Å². The molecule has 0 spiro atoms. The molecule has 0 radical (unpaired) electrons. The van der Waals surface area contributed by atoms with Crippen molar-refractivity contribution in [3.63, 3.8) is 0 Å². The number of rotatable bonds is 2. The van der Waals surface area contributed by atoms with Crippen LogP contribution in [0.1, 0.15) is 11.1 Å². The lowest BCUT2D eigenvalue weighted by Gasteiger charge is -1.96. The van der Waals surface area contributed by atoms with Crippen molar-refractivity contribution in [1.29, 1.82) is 5.26 Å². The fourth-order valence-corrected chi connectivity index (χ4v) is 0.897. The molecule has 0 bridgehead atoms. The Morgan fingerprint density at radius 1 is 1.46 bits per heavy atom. The third kappa shape index (κ3) is 2.17. The van der Waals surface area contributed by atoms with Gasteiger partial charge in [-0.05, 0) is 23.8 Å². The molecule has 0 aliphatic carbocycles. The number of carbonyl (C=O) groups is 1. The van der Waals surface area contributed by atoms with Gasteiger partial charge in [0.1, 0.15) is 18.1 Å². The first-order valence-electron chi connectivity index (χ1n) is 3.63. The summed E-state index contributed by atoms with van der Waals surface area (Å²) in [5.74, 6) is -0.0502. The highest BCUT2D eigenvalue weighted by Gasteiger charge is 1.98. The van der Waals surface area contributed by atoms with E-state index in [-0.39, 0.29) is 11.3 Å². The third-order valence-electron chi connectivity index (χ3n) is 1.51. The van der Waals surface area contributed by atoms with Gasteiger partial charge in [0, 0.05) is 0 Å². The number of phenolic OH excluding ortho intramolecular Hbond substituents is 1. The predicted molar refractivity (Wildman–Crippen MR) is 47.9 cm³/mol. The van der Waals surface area contributed by atoms with Gasteiger partial charge in [-0.15, -0.1) is 0 Å². The molecule has 0 saturated heterocycles. The summed E-state index contributed by atoms with van der Waals surface area (Å²) < 4.78 is 0. The van der Waals surface area contributed by atoms with E-state index < -0.39 is 0 Å². The third-order valence-corrected chi connectivity index (χ3v) is 1.51. The minimum atomic E-state index is -0.0502. The Balaban J connectivity index is 3.08. The second kappa shape index (κ2) is 4.07. The van der Waals surface area contributed by atoms with Gasteiger partial charge in [-0.25, -0.2) is 0 Å². The second-order valence-corrected chi connectivity index (χ2v) is 2.38. The highest BCUT2D eigenvalue weighted by atomic mass is 16.3. The molecule has 0 atom stereocenters. The van der Waals surface area contributed by atoms with Gasteiger partial charge in [-0.2, -0.15) is 5.26 Å². The van der Waals surface area contributed by atoms with Crippen LogP contribution in [0.5, 0.6) is 5.75 Å². The number of hydrogen-bond donors (Lipinski definition) is 1. The SMILES string of the molecule is N#Cc1cc(C=CC=O)ccc1O. The van der Waals surface area contributed by atoms with Crippen LogP contribution in [0.2, 0.25) is 0 Å². The number of nitrogens with zero attached hydrogens (tertiary/aromatic N) is 1. The first kappa shape index (κ1) is 9.01. The number of benzene rings is 1. The lowest BCUT2D eigenvalue weighted by Crippen LogP contribution is -1.78. The normalized spacial score (nSPS) is 9.77. The molecule has 0 amide bonds. The number of hydrogen-bond acceptors (Lipinski definition) is 3. The van der Waals surface area contributed by atoms with Gasteiger partial charge in [0.25, 0.3) is 0 Å². The van der Waals surface area contributed by atoms with Crippen LogP contribution in [0, 0.1) is 11.3 Å². The van der Waals surface area contributed by atoms with Gasteiger partial charge >= 0.3 is 0 Å². The summed E-state index contributed by atoms with van der Waals surface area (Å²) in [5, 5.41) is 17.7. The number of phenols is 1. The molecular weight excluding hydrogens is 166 g/mol. The lowest BCUT2D eigenvalue weighted by atomic mass is 10.1. The number of aromatic hydroxyl groups is 1. The maximum Gasteiger partial charge on any atom is 0.142 e. The molecule has 1 N–H and O–H groups in total. The van der Waals surface area contributed by atoms with Crippen LogP contribution in [0.15, 0.2) is 24.3 Å². The molecule has 0 heterocycles. The predicted octanol–water partition coefficient (Wildman–Crippen LogP) is 1.48. The Bertz CT molecular complexity index is 388. The lowest BCUT2D eigenvalue weighted by molar-refractivity contribution is -0.104. The van der Waals surface area contributed by atoms with Gasteiger partial charge in [0.05, 0.1) is 5.56 Å². The Morgan fingerprint density at radius 3 is 2.85 bits per heavy atom. The Hall–Kier alpha value is -2.08. The minimum absolute atomic E-state index is 0.0502. The summed E-state index contributed by atoms with van der Waals surface area (Å²) in [6, 6.07) is 6.39. The van der Waals surface area contributed by atoms with Gasteiger partial charge < -0.3 is 5.11 Å². The zero-order valence-electron chi connectivity index (χ0n) is 6.77. The van der Waals surface area contributed by atoms with Crippen molar-refractivity contribution in [3.05, 3.63) is 35.4 Å². The Kier molecular flexibility index (Phi) is 2.82. The molecule has 1 aromatic carbocycles. The molecule has 0 unspecified atom stereocenters. The van der Waals surface area contributed by atoms with Crippen LogP contribution >= 0.6 is 0 Å². The standard InChI is InChI=1S/C10H7NO2/c11-7-9-6-8(2-1-5-12)3-4-10(9)13/h1-6,13H. The van der Waals surface area contributed by atoms with Crippen molar-refractivity contribution in [2.24, 2.45) is 0 Å². The van der Waals surface area contributed by atoms with Gasteiger partial charge in [-0.1, -0.05) is 12.1 Å². The van der Waals surface area contributed by atoms with E-state index in [1.807, 2.05) is 6.07 Å². The van der Waals surface area contributed by atoms with Gasteiger partial charge in [0.2, 0.25) is 0 Å². The largest absolute Gasteiger partial charge is 0.507 e. The zero-order chi connectivity index (χ0) is 9.68. The summed E-state index contributed by atoms with van der Waals surface area (Å²) in [6.45, 7) is 0. The van der Waals surface area contributed by atoms with E-state index in [0.29, 0.717) is 11.8 Å². The zero-order valence-corrected chi connectivity index (χ0v) is 6.77. The van der Waals surface area contributed by atoms with Crippen LogP contribution in [-0.4, -0.2) is 11.4 Å². The van der Waals surface area contributed by atoms with Crippen molar-refractivity contribution < 1.29 is 9.90 Å². The molecule has 0 saturated carbocycles. The van der Waals surface area contributed by atoms with Gasteiger partial charge in [0.15, 0.2) is 0 Å². The van der Waals surface area contributed by atoms with Crippen LogP contribution in [0.4, 0.5) is 0 Å². The maximum atomic E-state index is 10.00. The summed E-state index contributed by atoms with van der Waals surface area (Å²) in [5.41, 5.74) is 0.912. The quantitative estimate of drug-likeness (QED) is 0.544. The van der Waals surface area contributed by atoms with Crippen molar-refractivity contribution >= 4 is 12.4 Å². The molecule has 1 rings (SSSR count). The summed E-state index contributed by atoms with van der Waals surface area (Å²) in [6.07, 6.45) is 3.54.